The van der Waals surface area contributed by atoms with Crippen molar-refractivity contribution in [2.24, 2.45) is 5.92 Å². The normalized spacial score (nSPS) is 12.9. The molecular formula is C12H14ClFO2. The van der Waals surface area contributed by atoms with E-state index >= 15 is 0 Å². The van der Waals surface area contributed by atoms with E-state index in [2.05, 4.69) is 0 Å². The Kier molecular flexibility index (Phi) is 3.92. The molecular weight excluding hydrogens is 231 g/mol. The maximum absolute atomic E-state index is 13.3. The summed E-state index contributed by atoms with van der Waals surface area (Å²) in [6.45, 7) is 5.33. The largest absolute Gasteiger partial charge is 0.481 e. The number of hydrogen-bond acceptors (Lipinski definition) is 1. The quantitative estimate of drug-likeness (QED) is 0.882. The van der Waals surface area contributed by atoms with Crippen molar-refractivity contribution in [1.29, 1.82) is 0 Å². The fraction of sp³-hybridized carbons (Fsp3) is 0.417. The van der Waals surface area contributed by atoms with Gasteiger partial charge in [-0.2, -0.15) is 0 Å². The molecule has 1 rings (SSSR count). The second-order valence-corrected chi connectivity index (χ2v) is 4.59. The molecule has 0 aromatic heterocycles. The molecule has 0 bridgehead atoms. The summed E-state index contributed by atoms with van der Waals surface area (Å²) in [6, 6.07) is 2.68. The Hall–Kier alpha value is -1.09. The number of benzene rings is 1. The van der Waals surface area contributed by atoms with Gasteiger partial charge in [-0.1, -0.05) is 25.4 Å². The van der Waals surface area contributed by atoms with Gasteiger partial charge >= 0.3 is 5.97 Å². The van der Waals surface area contributed by atoms with Gasteiger partial charge in [0, 0.05) is 0 Å². The van der Waals surface area contributed by atoms with E-state index in [1.54, 1.807) is 20.8 Å². The predicted molar refractivity (Wildman–Crippen MR) is 61.4 cm³/mol. The van der Waals surface area contributed by atoms with Gasteiger partial charge in [0.1, 0.15) is 5.82 Å². The first-order valence-corrected chi connectivity index (χ1v) is 5.40. The summed E-state index contributed by atoms with van der Waals surface area (Å²) in [7, 11) is 0. The Labute approximate surface area is 99.0 Å². The maximum Gasteiger partial charge on any atom is 0.311 e. The van der Waals surface area contributed by atoms with Crippen molar-refractivity contribution < 1.29 is 14.3 Å². The van der Waals surface area contributed by atoms with Crippen LogP contribution in [0.3, 0.4) is 0 Å². The zero-order valence-corrected chi connectivity index (χ0v) is 10.2. The molecule has 0 amide bonds. The minimum atomic E-state index is -0.945. The SMILES string of the molecule is Cc1cc(Cl)c(F)cc1C(C(=O)O)C(C)C. The van der Waals surface area contributed by atoms with Gasteiger partial charge in [-0.25, -0.2) is 4.39 Å². The smallest absolute Gasteiger partial charge is 0.311 e. The Balaban J connectivity index is 3.30. The third-order valence-electron chi connectivity index (χ3n) is 2.58. The second kappa shape index (κ2) is 4.83. The van der Waals surface area contributed by atoms with Crippen LogP contribution in [0.15, 0.2) is 12.1 Å². The lowest BCUT2D eigenvalue weighted by molar-refractivity contribution is -0.139. The fourth-order valence-corrected chi connectivity index (χ4v) is 1.99. The zero-order chi connectivity index (χ0) is 12.5. The molecule has 0 fully saturated rings. The monoisotopic (exact) mass is 244 g/mol. The van der Waals surface area contributed by atoms with E-state index in [-0.39, 0.29) is 10.9 Å². The summed E-state index contributed by atoms with van der Waals surface area (Å²) in [5.41, 5.74) is 1.19. The molecule has 1 unspecified atom stereocenters. The Bertz CT molecular complexity index is 416. The van der Waals surface area contributed by atoms with E-state index in [0.717, 1.165) is 0 Å². The van der Waals surface area contributed by atoms with E-state index in [1.807, 2.05) is 0 Å². The van der Waals surface area contributed by atoms with Crippen LogP contribution in [0.5, 0.6) is 0 Å². The van der Waals surface area contributed by atoms with Crippen molar-refractivity contribution in [3.8, 4) is 0 Å². The second-order valence-electron chi connectivity index (χ2n) is 4.18. The van der Waals surface area contributed by atoms with E-state index in [9.17, 15) is 9.18 Å². The number of aryl methyl sites for hydroxylation is 1. The highest BCUT2D eigenvalue weighted by Crippen LogP contribution is 2.30. The van der Waals surface area contributed by atoms with Crippen LogP contribution < -0.4 is 0 Å². The highest BCUT2D eigenvalue weighted by atomic mass is 35.5. The third-order valence-corrected chi connectivity index (χ3v) is 2.87. The topological polar surface area (TPSA) is 37.3 Å². The van der Waals surface area contributed by atoms with Crippen LogP contribution >= 0.6 is 11.6 Å². The van der Waals surface area contributed by atoms with Gasteiger partial charge in [-0.3, -0.25) is 4.79 Å². The van der Waals surface area contributed by atoms with Gasteiger partial charge in [-0.15, -0.1) is 0 Å². The molecule has 1 atom stereocenters. The predicted octanol–water partition coefficient (Wildman–Crippen LogP) is 3.61. The number of carboxylic acids is 1. The highest BCUT2D eigenvalue weighted by molar-refractivity contribution is 6.30. The first kappa shape index (κ1) is 13.0. The van der Waals surface area contributed by atoms with Crippen LogP contribution in [0.25, 0.3) is 0 Å². The van der Waals surface area contributed by atoms with Crippen LogP contribution in [0.2, 0.25) is 5.02 Å². The molecule has 0 aliphatic heterocycles. The standard InChI is InChI=1S/C12H14ClFO2/c1-6(2)11(12(15)16)8-5-10(14)9(13)4-7(8)3/h4-6,11H,1-3H3,(H,15,16). The van der Waals surface area contributed by atoms with Gasteiger partial charge in [0.2, 0.25) is 0 Å². The van der Waals surface area contributed by atoms with E-state index in [1.165, 1.54) is 12.1 Å². The van der Waals surface area contributed by atoms with Crippen molar-refractivity contribution in [1.82, 2.24) is 0 Å². The number of carbonyl (C=O) groups is 1. The van der Waals surface area contributed by atoms with E-state index < -0.39 is 17.7 Å². The lowest BCUT2D eigenvalue weighted by atomic mass is 9.86. The van der Waals surface area contributed by atoms with Crippen molar-refractivity contribution in [3.63, 3.8) is 0 Å². The number of aliphatic carboxylic acids is 1. The van der Waals surface area contributed by atoms with Crippen LogP contribution in [0.1, 0.15) is 30.9 Å². The first-order valence-electron chi connectivity index (χ1n) is 5.03. The molecule has 0 spiro atoms. The highest BCUT2D eigenvalue weighted by Gasteiger charge is 2.26. The Morgan fingerprint density at radius 2 is 2.00 bits per heavy atom. The van der Waals surface area contributed by atoms with Gasteiger partial charge in [0.15, 0.2) is 0 Å². The van der Waals surface area contributed by atoms with Gasteiger partial charge in [-0.05, 0) is 36.1 Å². The first-order chi connectivity index (χ1) is 7.34. The average molecular weight is 245 g/mol. The van der Waals surface area contributed by atoms with Crippen LogP contribution in [-0.4, -0.2) is 11.1 Å². The molecule has 0 aliphatic carbocycles. The molecule has 16 heavy (non-hydrogen) atoms. The van der Waals surface area contributed by atoms with Gasteiger partial charge in [0.05, 0.1) is 10.9 Å². The molecule has 0 saturated carbocycles. The van der Waals surface area contributed by atoms with Crippen molar-refractivity contribution in [2.45, 2.75) is 26.7 Å². The van der Waals surface area contributed by atoms with Gasteiger partial charge in [0.25, 0.3) is 0 Å². The molecule has 88 valence electrons. The third kappa shape index (κ3) is 2.53. The molecule has 1 aromatic carbocycles. The molecule has 0 heterocycles. The summed E-state index contributed by atoms with van der Waals surface area (Å²) in [5.74, 6) is -2.32. The summed E-state index contributed by atoms with van der Waals surface area (Å²) in [6.07, 6.45) is 0. The molecule has 4 heteroatoms. The van der Waals surface area contributed by atoms with E-state index in [0.29, 0.717) is 11.1 Å². The summed E-state index contributed by atoms with van der Waals surface area (Å²) in [5, 5.41) is 9.15. The van der Waals surface area contributed by atoms with Crippen LogP contribution in [0.4, 0.5) is 4.39 Å². The van der Waals surface area contributed by atoms with Crippen LogP contribution in [-0.2, 0) is 4.79 Å². The molecule has 0 radical (unpaired) electrons. The number of halogens is 2. The zero-order valence-electron chi connectivity index (χ0n) is 9.42. The van der Waals surface area contributed by atoms with Gasteiger partial charge < -0.3 is 5.11 Å². The number of carboxylic acid groups (broad SMARTS) is 1. The average Bonchev–Trinajstić information content (AvgIpc) is 2.12. The summed E-state index contributed by atoms with van der Waals surface area (Å²) >= 11 is 5.63. The summed E-state index contributed by atoms with van der Waals surface area (Å²) < 4.78 is 13.3. The minimum Gasteiger partial charge on any atom is -0.481 e. The Morgan fingerprint density at radius 1 is 1.44 bits per heavy atom. The van der Waals surface area contributed by atoms with Crippen LogP contribution in [0, 0.1) is 18.7 Å². The lowest BCUT2D eigenvalue weighted by Crippen LogP contribution is -2.18. The van der Waals surface area contributed by atoms with E-state index in [4.69, 9.17) is 16.7 Å². The van der Waals surface area contributed by atoms with Crippen molar-refractivity contribution in [3.05, 3.63) is 34.1 Å². The van der Waals surface area contributed by atoms with Crippen molar-refractivity contribution >= 4 is 17.6 Å². The van der Waals surface area contributed by atoms with Crippen molar-refractivity contribution in [2.75, 3.05) is 0 Å². The minimum absolute atomic E-state index is 0.0224. The number of rotatable bonds is 3. The molecule has 0 aliphatic rings. The summed E-state index contributed by atoms with van der Waals surface area (Å²) in [4.78, 5) is 11.1. The molecule has 0 saturated heterocycles. The molecule has 2 nitrogen and oxygen atoms in total. The fourth-order valence-electron chi connectivity index (χ4n) is 1.77. The Morgan fingerprint density at radius 3 is 2.44 bits per heavy atom. The maximum atomic E-state index is 13.3. The lowest BCUT2D eigenvalue weighted by Gasteiger charge is -2.19. The number of hydrogen-bond donors (Lipinski definition) is 1. The molecule has 1 N–H and O–H groups in total. The molecule has 1 aromatic rings.